The molecule has 0 aromatic heterocycles. The highest BCUT2D eigenvalue weighted by Gasteiger charge is 2.28. The molecule has 0 aliphatic carbocycles. The van der Waals surface area contributed by atoms with Crippen LogP contribution < -0.4 is 10.6 Å². The highest BCUT2D eigenvalue weighted by atomic mass is 16.5. The summed E-state index contributed by atoms with van der Waals surface area (Å²) in [7, 11) is 1.67. The zero-order valence-corrected chi connectivity index (χ0v) is 9.27. The quantitative estimate of drug-likeness (QED) is 0.775. The predicted octanol–water partition coefficient (Wildman–Crippen LogP) is 0.403. The Labute approximate surface area is 95.0 Å². The van der Waals surface area contributed by atoms with E-state index in [1.54, 1.807) is 19.2 Å². The summed E-state index contributed by atoms with van der Waals surface area (Å²) in [6.45, 7) is 1.55. The number of methoxy groups -OCH3 is 1. The number of benzene rings is 1. The van der Waals surface area contributed by atoms with E-state index in [0.717, 1.165) is 13.1 Å². The Kier molecular flexibility index (Phi) is 3.54. The van der Waals surface area contributed by atoms with Crippen LogP contribution in [0.25, 0.3) is 0 Å². The van der Waals surface area contributed by atoms with Gasteiger partial charge in [-0.15, -0.1) is 0 Å². The van der Waals surface area contributed by atoms with Gasteiger partial charge in [0.2, 0.25) is 0 Å². The lowest BCUT2D eigenvalue weighted by Crippen LogP contribution is -2.43. The highest BCUT2D eigenvalue weighted by molar-refractivity contribution is 5.94. The van der Waals surface area contributed by atoms with Gasteiger partial charge in [-0.05, 0) is 12.1 Å². The number of hydrogen-bond donors (Lipinski definition) is 2. The molecule has 0 radical (unpaired) electrons. The second-order valence-electron chi connectivity index (χ2n) is 3.88. The van der Waals surface area contributed by atoms with Crippen LogP contribution in [0.1, 0.15) is 10.4 Å². The average Bonchev–Trinajstić information content (AvgIpc) is 2.77. The molecule has 1 aliphatic heterocycles. The van der Waals surface area contributed by atoms with Gasteiger partial charge >= 0.3 is 0 Å². The number of amides is 1. The summed E-state index contributed by atoms with van der Waals surface area (Å²) in [6, 6.07) is 9.27. The molecule has 2 rings (SSSR count). The van der Waals surface area contributed by atoms with Gasteiger partial charge < -0.3 is 15.4 Å². The Morgan fingerprint density at radius 2 is 2.12 bits per heavy atom. The van der Waals surface area contributed by atoms with Crippen LogP contribution in [0.15, 0.2) is 30.3 Å². The fraction of sp³-hybridized carbons (Fsp3) is 0.417. The molecule has 4 nitrogen and oxygen atoms in total. The predicted molar refractivity (Wildman–Crippen MR) is 61.4 cm³/mol. The minimum Gasteiger partial charge on any atom is -0.378 e. The van der Waals surface area contributed by atoms with Crippen LogP contribution >= 0.6 is 0 Å². The molecule has 86 valence electrons. The van der Waals surface area contributed by atoms with Crippen molar-refractivity contribution in [3.05, 3.63) is 35.9 Å². The lowest BCUT2D eigenvalue weighted by atomic mass is 10.1. The van der Waals surface area contributed by atoms with Gasteiger partial charge in [-0.1, -0.05) is 18.2 Å². The highest BCUT2D eigenvalue weighted by Crippen LogP contribution is 2.05. The van der Waals surface area contributed by atoms with E-state index >= 15 is 0 Å². The SMILES string of the molecule is COC1CNCC1NC(=O)c1ccccc1. The minimum absolute atomic E-state index is 0.0450. The van der Waals surface area contributed by atoms with Crippen molar-refractivity contribution in [1.29, 1.82) is 0 Å². The first-order valence-electron chi connectivity index (χ1n) is 5.40. The van der Waals surface area contributed by atoms with Gasteiger partial charge in [-0.3, -0.25) is 4.79 Å². The first kappa shape index (κ1) is 11.1. The van der Waals surface area contributed by atoms with E-state index in [1.807, 2.05) is 18.2 Å². The molecule has 1 fully saturated rings. The molecule has 1 aromatic carbocycles. The smallest absolute Gasteiger partial charge is 0.251 e. The normalized spacial score (nSPS) is 24.3. The lowest BCUT2D eigenvalue weighted by molar-refractivity contribution is 0.0780. The zero-order chi connectivity index (χ0) is 11.4. The maximum Gasteiger partial charge on any atom is 0.251 e. The topological polar surface area (TPSA) is 50.4 Å². The largest absolute Gasteiger partial charge is 0.378 e. The first-order valence-corrected chi connectivity index (χ1v) is 5.40. The molecule has 1 aromatic rings. The van der Waals surface area contributed by atoms with E-state index in [1.165, 1.54) is 0 Å². The molecule has 0 bridgehead atoms. The van der Waals surface area contributed by atoms with Crippen LogP contribution in [-0.4, -0.2) is 38.3 Å². The number of nitrogens with one attached hydrogen (secondary N) is 2. The average molecular weight is 220 g/mol. The Hall–Kier alpha value is -1.39. The van der Waals surface area contributed by atoms with Crippen LogP contribution in [0.4, 0.5) is 0 Å². The fourth-order valence-corrected chi connectivity index (χ4v) is 1.89. The molecule has 0 saturated carbocycles. The van der Waals surface area contributed by atoms with E-state index in [9.17, 15) is 4.79 Å². The van der Waals surface area contributed by atoms with E-state index in [-0.39, 0.29) is 18.1 Å². The number of ether oxygens (including phenoxy) is 1. The van der Waals surface area contributed by atoms with Gasteiger partial charge in [-0.2, -0.15) is 0 Å². The van der Waals surface area contributed by atoms with Gasteiger partial charge in [0.15, 0.2) is 0 Å². The summed E-state index contributed by atoms with van der Waals surface area (Å²) in [6.07, 6.45) is 0.0627. The molecule has 4 heteroatoms. The molecular formula is C12H16N2O2. The number of carbonyl (C=O) groups excluding carboxylic acids is 1. The summed E-state index contributed by atoms with van der Waals surface area (Å²) in [5, 5.41) is 6.16. The monoisotopic (exact) mass is 220 g/mol. The molecule has 16 heavy (non-hydrogen) atoms. The third-order valence-corrected chi connectivity index (χ3v) is 2.81. The van der Waals surface area contributed by atoms with Crippen LogP contribution in [0.5, 0.6) is 0 Å². The number of carbonyl (C=O) groups is 1. The van der Waals surface area contributed by atoms with Crippen LogP contribution in [0.2, 0.25) is 0 Å². The maximum absolute atomic E-state index is 11.9. The van der Waals surface area contributed by atoms with Gasteiger partial charge in [-0.25, -0.2) is 0 Å². The molecule has 2 N–H and O–H groups in total. The van der Waals surface area contributed by atoms with Crippen molar-refractivity contribution >= 4 is 5.91 Å². The molecule has 1 aliphatic rings. The van der Waals surface area contributed by atoms with E-state index in [2.05, 4.69) is 10.6 Å². The zero-order valence-electron chi connectivity index (χ0n) is 9.27. The molecule has 1 heterocycles. The van der Waals surface area contributed by atoms with Crippen molar-refractivity contribution < 1.29 is 9.53 Å². The van der Waals surface area contributed by atoms with Crippen molar-refractivity contribution in [2.75, 3.05) is 20.2 Å². The van der Waals surface area contributed by atoms with Gasteiger partial charge in [0.25, 0.3) is 5.91 Å². The number of rotatable bonds is 3. The lowest BCUT2D eigenvalue weighted by Gasteiger charge is -2.18. The Balaban J connectivity index is 1.97. The molecule has 0 spiro atoms. The van der Waals surface area contributed by atoms with Crippen molar-refractivity contribution in [3.63, 3.8) is 0 Å². The molecular weight excluding hydrogens is 204 g/mol. The molecule has 2 atom stereocenters. The summed E-state index contributed by atoms with van der Waals surface area (Å²) >= 11 is 0. The molecule has 2 unspecified atom stereocenters. The third-order valence-electron chi connectivity index (χ3n) is 2.81. The van der Waals surface area contributed by atoms with Crippen molar-refractivity contribution in [3.8, 4) is 0 Å². The fourth-order valence-electron chi connectivity index (χ4n) is 1.89. The maximum atomic E-state index is 11.9. The van der Waals surface area contributed by atoms with Crippen LogP contribution in [-0.2, 0) is 4.74 Å². The Morgan fingerprint density at radius 3 is 2.81 bits per heavy atom. The minimum atomic E-state index is -0.0450. The standard InChI is InChI=1S/C12H16N2O2/c1-16-11-8-13-7-10(11)14-12(15)9-5-3-2-4-6-9/h2-6,10-11,13H,7-8H2,1H3,(H,14,15). The van der Waals surface area contributed by atoms with Crippen LogP contribution in [0.3, 0.4) is 0 Å². The summed E-state index contributed by atoms with van der Waals surface area (Å²) in [5.41, 5.74) is 0.684. The Bertz CT molecular complexity index is 353. The van der Waals surface area contributed by atoms with Gasteiger partial charge in [0, 0.05) is 25.8 Å². The molecule has 1 saturated heterocycles. The van der Waals surface area contributed by atoms with Gasteiger partial charge in [0.1, 0.15) is 0 Å². The molecule has 1 amide bonds. The van der Waals surface area contributed by atoms with Crippen molar-refractivity contribution in [1.82, 2.24) is 10.6 Å². The van der Waals surface area contributed by atoms with E-state index < -0.39 is 0 Å². The van der Waals surface area contributed by atoms with Gasteiger partial charge in [0.05, 0.1) is 12.1 Å². The summed E-state index contributed by atoms with van der Waals surface area (Å²) in [4.78, 5) is 11.9. The van der Waals surface area contributed by atoms with E-state index in [4.69, 9.17) is 4.74 Å². The van der Waals surface area contributed by atoms with E-state index in [0.29, 0.717) is 5.56 Å². The second kappa shape index (κ2) is 5.09. The third kappa shape index (κ3) is 2.40. The summed E-state index contributed by atoms with van der Waals surface area (Å²) < 4.78 is 5.28. The van der Waals surface area contributed by atoms with Crippen LogP contribution in [0, 0.1) is 0 Å². The van der Waals surface area contributed by atoms with Crippen molar-refractivity contribution in [2.45, 2.75) is 12.1 Å². The first-order chi connectivity index (χ1) is 7.81. The Morgan fingerprint density at radius 1 is 1.38 bits per heavy atom. The number of hydrogen-bond acceptors (Lipinski definition) is 3. The summed E-state index contributed by atoms with van der Waals surface area (Å²) in [5.74, 6) is -0.0450. The van der Waals surface area contributed by atoms with Crippen molar-refractivity contribution in [2.24, 2.45) is 0 Å². The second-order valence-corrected chi connectivity index (χ2v) is 3.88.